The van der Waals surface area contributed by atoms with Gasteiger partial charge in [-0.3, -0.25) is 4.79 Å². The van der Waals surface area contributed by atoms with Crippen LogP contribution in [0.3, 0.4) is 0 Å². The highest BCUT2D eigenvalue weighted by Crippen LogP contribution is 2.24. The maximum Gasteiger partial charge on any atom is 0.309 e. The second-order valence-electron chi connectivity index (χ2n) is 4.27. The van der Waals surface area contributed by atoms with E-state index in [1.807, 2.05) is 26.1 Å². The molecule has 0 saturated carbocycles. The highest BCUT2D eigenvalue weighted by atomic mass is 16.4. The monoisotopic (exact) mass is 233 g/mol. The normalized spacial score (nSPS) is 11.0. The number of rotatable bonds is 4. The fraction of sp³-hybridized carbons (Fsp3) is 0.333. The minimum atomic E-state index is -0.860. The number of imidazole rings is 1. The molecule has 0 aliphatic rings. The van der Waals surface area contributed by atoms with Gasteiger partial charge in [0.1, 0.15) is 5.82 Å². The summed E-state index contributed by atoms with van der Waals surface area (Å²) in [7, 11) is 0. The molecule has 5 nitrogen and oxygen atoms in total. The maximum atomic E-state index is 10.8. The van der Waals surface area contributed by atoms with E-state index in [1.165, 1.54) is 0 Å². The molecule has 2 rings (SSSR count). The van der Waals surface area contributed by atoms with Gasteiger partial charge in [-0.2, -0.15) is 0 Å². The van der Waals surface area contributed by atoms with Crippen LogP contribution in [0.4, 0.5) is 0 Å². The number of carboxylic acids is 1. The molecule has 0 aliphatic heterocycles. The largest absolute Gasteiger partial charge is 0.481 e. The quantitative estimate of drug-likeness (QED) is 0.756. The average molecular weight is 233 g/mol. The zero-order chi connectivity index (χ0) is 12.4. The molecule has 0 radical (unpaired) electrons. The molecule has 90 valence electrons. The van der Waals surface area contributed by atoms with E-state index in [0.717, 1.165) is 17.1 Å². The van der Waals surface area contributed by atoms with Crippen LogP contribution in [-0.4, -0.2) is 26.0 Å². The summed E-state index contributed by atoms with van der Waals surface area (Å²) in [5.74, 6) is 0.202. The van der Waals surface area contributed by atoms with Crippen molar-refractivity contribution in [2.75, 3.05) is 0 Å². The third-order valence-electron chi connectivity index (χ3n) is 2.54. The Bertz CT molecular complexity index is 512. The van der Waals surface area contributed by atoms with Crippen LogP contribution in [0.1, 0.15) is 31.3 Å². The van der Waals surface area contributed by atoms with Gasteiger partial charge in [0.05, 0.1) is 17.8 Å². The summed E-state index contributed by atoms with van der Waals surface area (Å²) < 4.78 is 0. The van der Waals surface area contributed by atoms with Crippen LogP contribution >= 0.6 is 0 Å². The fourth-order valence-corrected chi connectivity index (χ4v) is 1.69. The maximum absolute atomic E-state index is 10.8. The molecule has 0 saturated heterocycles. The zero-order valence-corrected chi connectivity index (χ0v) is 9.82. The molecule has 0 bridgehead atoms. The number of carbonyl (C=O) groups is 1. The number of H-pyrrole nitrogens is 2. The lowest BCUT2D eigenvalue weighted by atomic mass is 10.1. The predicted molar refractivity (Wildman–Crippen MR) is 63.8 cm³/mol. The Balaban J connectivity index is 2.44. The first kappa shape index (κ1) is 11.4. The predicted octanol–water partition coefficient (Wildman–Crippen LogP) is 2.16. The standard InChI is InChI=1S/C12H15N3O2/c1-7(2)12-14-9(5-10(16)17)11(15-12)8-3-4-13-6-8/h3-4,6-7,13H,5H2,1-2H3,(H,14,15)(H,16,17). The van der Waals surface area contributed by atoms with Gasteiger partial charge in [-0.15, -0.1) is 0 Å². The number of carboxylic acid groups (broad SMARTS) is 1. The molecule has 3 N–H and O–H groups in total. The van der Waals surface area contributed by atoms with Crippen LogP contribution in [0.2, 0.25) is 0 Å². The molecule has 0 fully saturated rings. The molecule has 0 aliphatic carbocycles. The van der Waals surface area contributed by atoms with Crippen molar-refractivity contribution in [1.82, 2.24) is 15.0 Å². The molecular weight excluding hydrogens is 218 g/mol. The van der Waals surface area contributed by atoms with E-state index in [9.17, 15) is 4.79 Å². The SMILES string of the molecule is CC(C)c1nc(-c2cc[nH]c2)c(CC(=O)O)[nH]1. The van der Waals surface area contributed by atoms with Crippen LogP contribution in [0.25, 0.3) is 11.3 Å². The number of nitrogens with zero attached hydrogens (tertiary/aromatic N) is 1. The topological polar surface area (TPSA) is 81.8 Å². The first-order chi connectivity index (χ1) is 8.08. The number of hydrogen-bond donors (Lipinski definition) is 3. The Morgan fingerprint density at radius 1 is 1.53 bits per heavy atom. The van der Waals surface area contributed by atoms with Crippen molar-refractivity contribution in [3.05, 3.63) is 30.0 Å². The highest BCUT2D eigenvalue weighted by Gasteiger charge is 2.16. The molecule has 0 atom stereocenters. The van der Waals surface area contributed by atoms with Crippen molar-refractivity contribution in [1.29, 1.82) is 0 Å². The minimum absolute atomic E-state index is 0.0414. The summed E-state index contributed by atoms with van der Waals surface area (Å²) in [5.41, 5.74) is 2.28. The number of aliphatic carboxylic acids is 1. The molecular formula is C12H15N3O2. The van der Waals surface area contributed by atoms with Crippen molar-refractivity contribution < 1.29 is 9.90 Å². The van der Waals surface area contributed by atoms with Crippen molar-refractivity contribution in [2.24, 2.45) is 0 Å². The number of aromatic nitrogens is 3. The van der Waals surface area contributed by atoms with E-state index in [1.54, 1.807) is 6.20 Å². The average Bonchev–Trinajstić information content (AvgIpc) is 2.83. The first-order valence-corrected chi connectivity index (χ1v) is 5.51. The Labute approximate surface area is 98.9 Å². The molecule has 5 heteroatoms. The molecule has 2 heterocycles. The van der Waals surface area contributed by atoms with Crippen LogP contribution in [0, 0.1) is 0 Å². The number of nitrogens with one attached hydrogen (secondary N) is 2. The lowest BCUT2D eigenvalue weighted by molar-refractivity contribution is -0.136. The summed E-state index contributed by atoms with van der Waals surface area (Å²) in [6.07, 6.45) is 3.56. The Morgan fingerprint density at radius 3 is 2.82 bits per heavy atom. The number of aromatic amines is 2. The highest BCUT2D eigenvalue weighted by molar-refractivity contribution is 5.74. The van der Waals surface area contributed by atoms with Crippen LogP contribution in [-0.2, 0) is 11.2 Å². The lowest BCUT2D eigenvalue weighted by Gasteiger charge is -1.97. The lowest BCUT2D eigenvalue weighted by Crippen LogP contribution is -2.02. The first-order valence-electron chi connectivity index (χ1n) is 5.51. The summed E-state index contributed by atoms with van der Waals surface area (Å²) >= 11 is 0. The van der Waals surface area contributed by atoms with Crippen molar-refractivity contribution in [3.8, 4) is 11.3 Å². The molecule has 0 aromatic carbocycles. The third kappa shape index (κ3) is 2.38. The van der Waals surface area contributed by atoms with Gasteiger partial charge < -0.3 is 15.1 Å². The summed E-state index contributed by atoms with van der Waals surface area (Å²) in [6.45, 7) is 4.04. The van der Waals surface area contributed by atoms with Crippen molar-refractivity contribution >= 4 is 5.97 Å². The van der Waals surface area contributed by atoms with Crippen LogP contribution < -0.4 is 0 Å². The summed E-state index contributed by atoms with van der Waals surface area (Å²) in [5, 5.41) is 8.88. The van der Waals surface area contributed by atoms with Gasteiger partial charge in [0.15, 0.2) is 0 Å². The Kier molecular flexibility index (Phi) is 2.99. The van der Waals surface area contributed by atoms with E-state index < -0.39 is 5.97 Å². The summed E-state index contributed by atoms with van der Waals surface area (Å²) in [6, 6.07) is 1.88. The van der Waals surface area contributed by atoms with Gasteiger partial charge in [-0.05, 0) is 6.07 Å². The fourth-order valence-electron chi connectivity index (χ4n) is 1.69. The van der Waals surface area contributed by atoms with E-state index in [2.05, 4.69) is 15.0 Å². The molecule has 0 spiro atoms. The van der Waals surface area contributed by atoms with E-state index >= 15 is 0 Å². The summed E-state index contributed by atoms with van der Waals surface area (Å²) in [4.78, 5) is 21.3. The van der Waals surface area contributed by atoms with Crippen LogP contribution in [0.15, 0.2) is 18.5 Å². The molecule has 0 amide bonds. The van der Waals surface area contributed by atoms with Gasteiger partial charge in [-0.1, -0.05) is 13.8 Å². The molecule has 2 aromatic rings. The van der Waals surface area contributed by atoms with Gasteiger partial charge in [0, 0.05) is 23.9 Å². The van der Waals surface area contributed by atoms with Gasteiger partial charge in [0.25, 0.3) is 0 Å². The van der Waals surface area contributed by atoms with Crippen molar-refractivity contribution in [2.45, 2.75) is 26.2 Å². The van der Waals surface area contributed by atoms with Gasteiger partial charge in [0.2, 0.25) is 0 Å². The Morgan fingerprint density at radius 2 is 2.29 bits per heavy atom. The molecule has 2 aromatic heterocycles. The Hall–Kier alpha value is -2.04. The van der Waals surface area contributed by atoms with E-state index in [-0.39, 0.29) is 12.3 Å². The molecule has 17 heavy (non-hydrogen) atoms. The van der Waals surface area contributed by atoms with Gasteiger partial charge >= 0.3 is 5.97 Å². The zero-order valence-electron chi connectivity index (χ0n) is 9.82. The van der Waals surface area contributed by atoms with Crippen molar-refractivity contribution in [3.63, 3.8) is 0 Å². The van der Waals surface area contributed by atoms with E-state index in [0.29, 0.717) is 5.69 Å². The molecule has 0 unspecified atom stereocenters. The van der Waals surface area contributed by atoms with Gasteiger partial charge in [-0.25, -0.2) is 4.98 Å². The van der Waals surface area contributed by atoms with Crippen LogP contribution in [0.5, 0.6) is 0 Å². The van der Waals surface area contributed by atoms with E-state index in [4.69, 9.17) is 5.11 Å². The smallest absolute Gasteiger partial charge is 0.309 e. The third-order valence-corrected chi connectivity index (χ3v) is 2.54. The number of hydrogen-bond acceptors (Lipinski definition) is 2. The minimum Gasteiger partial charge on any atom is -0.481 e. The second kappa shape index (κ2) is 4.45. The second-order valence-corrected chi connectivity index (χ2v) is 4.27.